The van der Waals surface area contributed by atoms with Gasteiger partial charge in [-0.25, -0.2) is 9.59 Å². The van der Waals surface area contributed by atoms with Crippen molar-refractivity contribution in [3.63, 3.8) is 0 Å². The molecule has 2 aliphatic rings. The van der Waals surface area contributed by atoms with E-state index in [1.54, 1.807) is 18.2 Å². The van der Waals surface area contributed by atoms with E-state index in [9.17, 15) is 48.3 Å². The Morgan fingerprint density at radius 1 is 0.652 bits per heavy atom. The molecule has 1 atom stereocenters. The van der Waals surface area contributed by atoms with Crippen LogP contribution in [0.2, 0.25) is 0 Å². The lowest BCUT2D eigenvalue weighted by Crippen LogP contribution is -2.42. The van der Waals surface area contributed by atoms with E-state index in [0.717, 1.165) is 26.3 Å². The first-order chi connectivity index (χ1) is 31.0. The van der Waals surface area contributed by atoms with Gasteiger partial charge in [-0.1, -0.05) is 31.5 Å². The lowest BCUT2D eigenvalue weighted by molar-refractivity contribution is -0.201. The molecule has 1 saturated carbocycles. The second-order valence-electron chi connectivity index (χ2n) is 14.4. The van der Waals surface area contributed by atoms with E-state index in [1.165, 1.54) is 0 Å². The number of hydrogen-bond acceptors (Lipinski definition) is 13. The van der Waals surface area contributed by atoms with E-state index >= 15 is 0 Å². The highest BCUT2D eigenvalue weighted by Gasteiger charge is 2.37. The molecule has 23 heteroatoms. The lowest BCUT2D eigenvalue weighted by Gasteiger charge is -2.27. The van der Waals surface area contributed by atoms with E-state index in [4.69, 9.17) is 34.5 Å². The van der Waals surface area contributed by atoms with Crippen LogP contribution in [-0.4, -0.2) is 129 Å². The highest BCUT2D eigenvalue weighted by Crippen LogP contribution is 2.30. The van der Waals surface area contributed by atoms with Gasteiger partial charge in [0.25, 0.3) is 35.6 Å². The van der Waals surface area contributed by atoms with Crippen LogP contribution in [0.5, 0.6) is 0 Å². The molecule has 0 aromatic heterocycles. The number of carboxylic acids is 4. The van der Waals surface area contributed by atoms with Gasteiger partial charge in [0.15, 0.2) is 0 Å². The maximum atomic E-state index is 12.5. The van der Waals surface area contributed by atoms with Crippen molar-refractivity contribution < 1.29 is 82.8 Å². The average molecular weight is 939 g/mol. The molecule has 3 rings (SSSR count). The zero-order chi connectivity index (χ0) is 50.8. The topological polar surface area (TPSA) is 358 Å². The number of hydroxylamine groups is 2. The molecule has 1 aliphatic heterocycles. The summed E-state index contributed by atoms with van der Waals surface area (Å²) in [4.78, 5) is 140. The molecule has 1 aromatic rings. The molecule has 1 unspecified atom stereocenters. The van der Waals surface area contributed by atoms with E-state index < -0.39 is 65.4 Å². The number of nitrogens with zero attached hydrogens (tertiary/aromatic N) is 1. The molecule has 1 aliphatic carbocycles. The van der Waals surface area contributed by atoms with Crippen LogP contribution in [0.3, 0.4) is 0 Å². The Kier molecular flexibility index (Phi) is 32.8. The maximum absolute atomic E-state index is 12.5. The summed E-state index contributed by atoms with van der Waals surface area (Å²) in [6, 6.07) is 6.05. The van der Waals surface area contributed by atoms with Crippen molar-refractivity contribution >= 4 is 71.2 Å². The number of amides is 7. The molecule has 0 bridgehead atoms. The van der Waals surface area contributed by atoms with Gasteiger partial charge in [-0.3, -0.25) is 47.9 Å². The van der Waals surface area contributed by atoms with Crippen molar-refractivity contribution in [3.8, 4) is 0 Å². The third-order valence-corrected chi connectivity index (χ3v) is 8.74. The van der Waals surface area contributed by atoms with E-state index in [-0.39, 0.29) is 81.8 Å². The summed E-state index contributed by atoms with van der Waals surface area (Å²) in [6.45, 7) is 9.58. The number of benzene rings is 1. The van der Waals surface area contributed by atoms with E-state index in [1.807, 2.05) is 26.8 Å². The first-order valence-corrected chi connectivity index (χ1v) is 21.4. The lowest BCUT2D eigenvalue weighted by atomic mass is 9.81. The molecule has 0 radical (unpaired) electrons. The average Bonchev–Trinajstić information content (AvgIpc) is 3.55. The number of carbonyl (C=O) groups is 12. The van der Waals surface area contributed by atoms with Crippen LogP contribution >= 0.6 is 0 Å². The van der Waals surface area contributed by atoms with Crippen molar-refractivity contribution in [3.05, 3.63) is 35.4 Å². The molecule has 1 aromatic carbocycles. The second kappa shape index (κ2) is 35.4. The third kappa shape index (κ3) is 31.0. The minimum Gasteiger partial charge on any atom is -0.481 e. The third-order valence-electron chi connectivity index (χ3n) is 8.74. The van der Waals surface area contributed by atoms with Gasteiger partial charge in [-0.05, 0) is 64.0 Å². The molecule has 1 saturated heterocycles. The number of carbonyl (C=O) groups excluding carboxylic acids is 8. The predicted octanol–water partition coefficient (Wildman–Crippen LogP) is 1.70. The normalized spacial score (nSPS) is 15.0. The Hall–Kier alpha value is -6.94. The number of hydrogen-bond donors (Lipinski definition) is 9. The molecule has 23 nitrogen and oxygen atoms in total. The van der Waals surface area contributed by atoms with Gasteiger partial charge >= 0.3 is 11.9 Å². The van der Waals surface area contributed by atoms with Crippen LogP contribution < -0.4 is 26.6 Å². The Labute approximate surface area is 383 Å². The van der Waals surface area contributed by atoms with Gasteiger partial charge in [-0.15, -0.1) is 5.06 Å². The van der Waals surface area contributed by atoms with Crippen molar-refractivity contribution in [1.82, 2.24) is 31.6 Å². The zero-order valence-electron chi connectivity index (χ0n) is 38.4. The number of aryl methyl sites for hydroxylation is 1. The van der Waals surface area contributed by atoms with Gasteiger partial charge in [0.2, 0.25) is 23.6 Å². The number of nitrogens with one attached hydrogen (secondary N) is 5. The summed E-state index contributed by atoms with van der Waals surface area (Å²) in [6.07, 6.45) is 2.52. The number of imide groups is 1. The Balaban J connectivity index is 0. The maximum Gasteiger partial charge on any atom is 0.336 e. The molecule has 9 N–H and O–H groups in total. The molecule has 0 spiro atoms. The number of rotatable bonds is 20. The van der Waals surface area contributed by atoms with Crippen molar-refractivity contribution in [1.29, 1.82) is 0 Å². The summed E-state index contributed by atoms with van der Waals surface area (Å²) in [5, 5.41) is 45.3. The van der Waals surface area contributed by atoms with E-state index in [0.29, 0.717) is 55.7 Å². The van der Waals surface area contributed by atoms with Gasteiger partial charge in [0, 0.05) is 90.5 Å². The molecule has 7 amide bonds. The molecular weight excluding hydrogens is 872 g/mol. The summed E-state index contributed by atoms with van der Waals surface area (Å²) in [5.74, 6) is -8.11. The molecule has 1 heterocycles. The fourth-order valence-electron chi connectivity index (χ4n) is 5.75. The first kappa shape index (κ1) is 61.1. The van der Waals surface area contributed by atoms with Crippen molar-refractivity contribution in [2.75, 3.05) is 26.2 Å². The molecule has 370 valence electrons. The standard InChI is InChI=1S/C35H48N6O11.3C2H4O2.C2H6/c1-22-5-4-6-25(21-22)33(48)38-17-3-2-7-26(34(49)50)40-29(44)16-19-37-27(42)14-18-36-28(43)15-20-39-32(47)23-8-10-24(11-9-23)35(51)52-41-30(45)12-13-31(41)46;3*1-2(3)4;1-2/h4-6,21,23-24,26H,2-3,7-20H2,1H3,(H,36,43)(H,37,42)(H,38,48)(H,39,47)(H,40,44)(H,49,50);3*1H3,(H,3,4);1-2H3. The highest BCUT2D eigenvalue weighted by molar-refractivity contribution is 6.01. The minimum absolute atomic E-state index is 0.0109. The molecule has 2 fully saturated rings. The SMILES string of the molecule is CC.CC(=O)O.CC(=O)O.CC(=O)O.Cc1cccc(C(=O)NCCCCC(NC(=O)CCNC(=O)CCNC(=O)CCNC(=O)C2CCC(C(=O)ON3C(=O)CCC3=O)CC2)C(=O)O)c1. The van der Waals surface area contributed by atoms with E-state index in [2.05, 4.69) is 26.6 Å². The summed E-state index contributed by atoms with van der Waals surface area (Å²) in [5.41, 5.74) is 1.51. The van der Waals surface area contributed by atoms with Crippen LogP contribution in [0.4, 0.5) is 0 Å². The largest absolute Gasteiger partial charge is 0.481 e. The minimum atomic E-state index is -1.18. The zero-order valence-corrected chi connectivity index (χ0v) is 38.4. The highest BCUT2D eigenvalue weighted by atomic mass is 16.7. The first-order valence-electron chi connectivity index (χ1n) is 21.4. The quantitative estimate of drug-likeness (QED) is 0.0663. The summed E-state index contributed by atoms with van der Waals surface area (Å²) >= 11 is 0. The van der Waals surface area contributed by atoms with Crippen molar-refractivity contribution in [2.45, 2.75) is 125 Å². The van der Waals surface area contributed by atoms with Crippen LogP contribution in [0.25, 0.3) is 0 Å². The molecular formula is C43H66N6O17. The van der Waals surface area contributed by atoms with Gasteiger partial charge in [0.1, 0.15) is 6.04 Å². The molecule has 66 heavy (non-hydrogen) atoms. The Morgan fingerprint density at radius 3 is 1.58 bits per heavy atom. The number of carboxylic acid groups (broad SMARTS) is 4. The fraction of sp³-hybridized carbons (Fsp3) is 0.581. The van der Waals surface area contributed by atoms with Crippen molar-refractivity contribution in [2.24, 2.45) is 11.8 Å². The number of aliphatic carboxylic acids is 4. The number of unbranched alkanes of at least 4 members (excludes halogenated alkanes) is 1. The van der Waals surface area contributed by atoms with Gasteiger partial charge in [0.05, 0.1) is 5.92 Å². The monoisotopic (exact) mass is 938 g/mol. The van der Waals surface area contributed by atoms with Crippen LogP contribution in [0.1, 0.15) is 128 Å². The fourth-order valence-corrected chi connectivity index (χ4v) is 5.75. The van der Waals surface area contributed by atoms with Crippen LogP contribution in [0, 0.1) is 18.8 Å². The smallest absolute Gasteiger partial charge is 0.336 e. The van der Waals surface area contributed by atoms with Crippen LogP contribution in [0.15, 0.2) is 24.3 Å². The second-order valence-corrected chi connectivity index (χ2v) is 14.4. The Bertz CT molecular complexity index is 1740. The van der Waals surface area contributed by atoms with Gasteiger partial charge in [-0.2, -0.15) is 0 Å². The Morgan fingerprint density at radius 2 is 1.11 bits per heavy atom. The summed E-state index contributed by atoms with van der Waals surface area (Å²) < 4.78 is 0. The van der Waals surface area contributed by atoms with Gasteiger partial charge < -0.3 is 51.8 Å². The van der Waals surface area contributed by atoms with Crippen LogP contribution in [-0.2, 0) is 57.6 Å². The summed E-state index contributed by atoms with van der Waals surface area (Å²) in [7, 11) is 0. The predicted molar refractivity (Wildman–Crippen MR) is 234 cm³/mol.